The summed E-state index contributed by atoms with van der Waals surface area (Å²) in [6.07, 6.45) is 4.20. The largest absolute Gasteiger partial charge is 0.335 e. The van der Waals surface area contributed by atoms with Gasteiger partial charge in [-0.15, -0.1) is 0 Å². The standard InChI is InChI=1S/C29H26FN5O3/c30-26-14-5-4-13-25(26)27-21-28(34(31-27)23-11-6-12-24(20-23)35(37)38)29(36)33-18-16-32(17-19-33)15-7-10-22-8-2-1-3-9-22/h1-14,20-21H,15-19H2/b10-7+. The third-order valence-corrected chi connectivity index (χ3v) is 6.50. The number of carbonyl (C=O) groups excluding carboxylic acids is 1. The number of rotatable bonds is 7. The van der Waals surface area contributed by atoms with Crippen molar-refractivity contribution in [2.45, 2.75) is 0 Å². The molecule has 1 fully saturated rings. The van der Waals surface area contributed by atoms with Gasteiger partial charge >= 0.3 is 0 Å². The molecule has 4 aromatic rings. The first-order chi connectivity index (χ1) is 18.5. The lowest BCUT2D eigenvalue weighted by Gasteiger charge is -2.34. The SMILES string of the molecule is O=C(c1cc(-c2ccccc2F)nn1-c1cccc([N+](=O)[O-])c1)N1CCN(C/C=C/c2ccccc2)CC1. The lowest BCUT2D eigenvalue weighted by Crippen LogP contribution is -2.49. The van der Waals surface area contributed by atoms with Crippen molar-refractivity contribution >= 4 is 17.7 Å². The number of nitro groups is 1. The summed E-state index contributed by atoms with van der Waals surface area (Å²) in [7, 11) is 0. The summed E-state index contributed by atoms with van der Waals surface area (Å²) >= 11 is 0. The van der Waals surface area contributed by atoms with Gasteiger partial charge in [0.25, 0.3) is 11.6 Å². The number of amides is 1. The van der Waals surface area contributed by atoms with Crippen molar-refractivity contribution in [2.24, 2.45) is 0 Å². The average Bonchev–Trinajstić information content (AvgIpc) is 3.39. The Morgan fingerprint density at radius 1 is 0.947 bits per heavy atom. The summed E-state index contributed by atoms with van der Waals surface area (Å²) in [6, 6.07) is 23.7. The zero-order valence-corrected chi connectivity index (χ0v) is 20.6. The molecule has 5 rings (SSSR count). The molecule has 192 valence electrons. The second-order valence-corrected chi connectivity index (χ2v) is 8.99. The number of benzene rings is 3. The first kappa shape index (κ1) is 25.0. The van der Waals surface area contributed by atoms with Gasteiger partial charge in [-0.2, -0.15) is 5.10 Å². The molecular weight excluding hydrogens is 485 g/mol. The van der Waals surface area contributed by atoms with Gasteiger partial charge in [0.2, 0.25) is 0 Å². The molecule has 38 heavy (non-hydrogen) atoms. The molecule has 0 unspecified atom stereocenters. The Balaban J connectivity index is 1.37. The molecule has 1 saturated heterocycles. The second kappa shape index (κ2) is 11.2. The Morgan fingerprint density at radius 2 is 1.68 bits per heavy atom. The van der Waals surface area contributed by atoms with Crippen LogP contribution in [0.1, 0.15) is 16.1 Å². The first-order valence-electron chi connectivity index (χ1n) is 12.3. The van der Waals surface area contributed by atoms with Gasteiger partial charge in [-0.05, 0) is 29.8 Å². The van der Waals surface area contributed by atoms with Crippen LogP contribution in [0.5, 0.6) is 0 Å². The van der Waals surface area contributed by atoms with Gasteiger partial charge in [0.1, 0.15) is 11.5 Å². The van der Waals surface area contributed by atoms with Gasteiger partial charge < -0.3 is 4.90 Å². The fourth-order valence-corrected chi connectivity index (χ4v) is 4.47. The highest BCUT2D eigenvalue weighted by Crippen LogP contribution is 2.26. The van der Waals surface area contributed by atoms with E-state index in [9.17, 15) is 19.3 Å². The van der Waals surface area contributed by atoms with Crippen LogP contribution in [-0.4, -0.2) is 63.1 Å². The van der Waals surface area contributed by atoms with Crippen molar-refractivity contribution < 1.29 is 14.1 Å². The van der Waals surface area contributed by atoms with Crippen molar-refractivity contribution in [1.29, 1.82) is 0 Å². The predicted octanol–water partition coefficient (Wildman–Crippen LogP) is 5.06. The van der Waals surface area contributed by atoms with Gasteiger partial charge in [-0.3, -0.25) is 19.8 Å². The summed E-state index contributed by atoms with van der Waals surface area (Å²) in [5, 5.41) is 15.8. The predicted molar refractivity (Wildman–Crippen MR) is 143 cm³/mol. The molecule has 1 aromatic heterocycles. The monoisotopic (exact) mass is 511 g/mol. The molecule has 0 bridgehead atoms. The summed E-state index contributed by atoms with van der Waals surface area (Å²) in [5.74, 6) is -0.724. The Labute approximate surface area is 219 Å². The van der Waals surface area contributed by atoms with Gasteiger partial charge in [0.05, 0.1) is 16.3 Å². The number of carbonyl (C=O) groups is 1. The van der Waals surface area contributed by atoms with Gasteiger partial charge in [-0.25, -0.2) is 9.07 Å². The summed E-state index contributed by atoms with van der Waals surface area (Å²) in [6.45, 7) is 3.23. The van der Waals surface area contributed by atoms with Crippen LogP contribution in [0.4, 0.5) is 10.1 Å². The number of hydrogen-bond acceptors (Lipinski definition) is 5. The molecule has 8 nitrogen and oxygen atoms in total. The van der Waals surface area contributed by atoms with Crippen molar-refractivity contribution in [3.63, 3.8) is 0 Å². The maximum absolute atomic E-state index is 14.6. The number of hydrogen-bond donors (Lipinski definition) is 0. The van der Waals surface area contributed by atoms with Crippen molar-refractivity contribution in [1.82, 2.24) is 19.6 Å². The van der Waals surface area contributed by atoms with Crippen LogP contribution in [0.15, 0.2) is 91.0 Å². The minimum Gasteiger partial charge on any atom is -0.335 e. The van der Waals surface area contributed by atoms with Gasteiger partial charge in [-0.1, -0.05) is 60.7 Å². The second-order valence-electron chi connectivity index (χ2n) is 8.99. The molecule has 0 N–H and O–H groups in total. The van der Waals surface area contributed by atoms with Gasteiger partial charge in [0, 0.05) is 50.4 Å². The van der Waals surface area contributed by atoms with Crippen molar-refractivity contribution in [3.05, 3.63) is 118 Å². The van der Waals surface area contributed by atoms with E-state index in [2.05, 4.69) is 22.2 Å². The lowest BCUT2D eigenvalue weighted by atomic mass is 10.1. The van der Waals surface area contributed by atoms with Crippen LogP contribution < -0.4 is 0 Å². The maximum Gasteiger partial charge on any atom is 0.272 e. The number of nitro benzene ring substituents is 1. The van der Waals surface area contributed by atoms with E-state index in [-0.39, 0.29) is 28.5 Å². The van der Waals surface area contributed by atoms with Crippen LogP contribution >= 0.6 is 0 Å². The van der Waals surface area contributed by atoms with Crippen molar-refractivity contribution in [2.75, 3.05) is 32.7 Å². The Hall–Kier alpha value is -4.63. The third-order valence-electron chi connectivity index (χ3n) is 6.50. The Bertz CT molecular complexity index is 1480. The minimum atomic E-state index is -0.502. The average molecular weight is 512 g/mol. The van der Waals surface area contributed by atoms with Crippen LogP contribution in [0.25, 0.3) is 23.0 Å². The number of nitrogens with zero attached hydrogens (tertiary/aromatic N) is 5. The number of halogens is 1. The van der Waals surface area contributed by atoms with Crippen LogP contribution in [0, 0.1) is 15.9 Å². The van der Waals surface area contributed by atoms with E-state index in [4.69, 9.17) is 0 Å². The molecule has 1 aliphatic rings. The lowest BCUT2D eigenvalue weighted by molar-refractivity contribution is -0.384. The van der Waals surface area contributed by atoms with Gasteiger partial charge in [0.15, 0.2) is 0 Å². The minimum absolute atomic E-state index is 0.124. The number of non-ortho nitro benzene ring substituents is 1. The molecule has 0 saturated carbocycles. The van der Waals surface area contributed by atoms with E-state index in [0.29, 0.717) is 31.9 Å². The molecule has 0 aliphatic carbocycles. The Kier molecular flexibility index (Phi) is 7.37. The summed E-state index contributed by atoms with van der Waals surface area (Å²) in [5.41, 5.74) is 2.13. The van der Waals surface area contributed by atoms with E-state index < -0.39 is 10.7 Å². The molecular formula is C29H26FN5O3. The Morgan fingerprint density at radius 3 is 2.42 bits per heavy atom. The normalized spacial score (nSPS) is 14.2. The van der Waals surface area contributed by atoms with E-state index in [1.807, 2.05) is 30.3 Å². The van der Waals surface area contributed by atoms with Crippen LogP contribution in [-0.2, 0) is 0 Å². The van der Waals surface area contributed by atoms with Crippen molar-refractivity contribution in [3.8, 4) is 16.9 Å². The first-order valence-corrected chi connectivity index (χ1v) is 12.3. The molecule has 1 aliphatic heterocycles. The van der Waals surface area contributed by atoms with E-state index in [0.717, 1.165) is 12.1 Å². The topological polar surface area (TPSA) is 84.5 Å². The summed E-state index contributed by atoms with van der Waals surface area (Å²) in [4.78, 5) is 28.5. The fraction of sp³-hybridized carbons (Fsp3) is 0.172. The molecule has 3 aromatic carbocycles. The van der Waals surface area contributed by atoms with E-state index in [1.165, 1.54) is 28.9 Å². The van der Waals surface area contributed by atoms with Crippen LogP contribution in [0.2, 0.25) is 0 Å². The van der Waals surface area contributed by atoms with E-state index >= 15 is 0 Å². The maximum atomic E-state index is 14.6. The number of aromatic nitrogens is 2. The van der Waals surface area contributed by atoms with E-state index in [1.54, 1.807) is 35.2 Å². The molecule has 9 heteroatoms. The quantitative estimate of drug-likeness (QED) is 0.256. The molecule has 0 radical (unpaired) electrons. The zero-order valence-electron chi connectivity index (χ0n) is 20.6. The zero-order chi connectivity index (χ0) is 26.5. The highest BCUT2D eigenvalue weighted by Gasteiger charge is 2.27. The molecule has 0 spiro atoms. The molecule has 1 amide bonds. The molecule has 0 atom stereocenters. The smallest absolute Gasteiger partial charge is 0.272 e. The fourth-order valence-electron chi connectivity index (χ4n) is 4.47. The third kappa shape index (κ3) is 5.52. The van der Waals surface area contributed by atoms with Crippen LogP contribution in [0.3, 0.4) is 0 Å². The summed E-state index contributed by atoms with van der Waals surface area (Å²) < 4.78 is 15.9. The highest BCUT2D eigenvalue weighted by molar-refractivity contribution is 5.94. The molecule has 2 heterocycles. The highest BCUT2D eigenvalue weighted by atomic mass is 19.1. The number of piperazine rings is 1.